The lowest BCUT2D eigenvalue weighted by Crippen LogP contribution is -2.60. The Morgan fingerprint density at radius 3 is 2.45 bits per heavy atom. The van der Waals surface area contributed by atoms with Crippen molar-refractivity contribution in [3.63, 3.8) is 0 Å². The predicted molar refractivity (Wildman–Crippen MR) is 127 cm³/mol. The van der Waals surface area contributed by atoms with Crippen molar-refractivity contribution in [3.8, 4) is 10.4 Å². The maximum absolute atomic E-state index is 13.0. The van der Waals surface area contributed by atoms with Crippen molar-refractivity contribution in [2.24, 2.45) is 17.8 Å². The molecule has 2 aromatic heterocycles. The van der Waals surface area contributed by atoms with E-state index in [9.17, 15) is 4.79 Å². The van der Waals surface area contributed by atoms with Crippen LogP contribution in [-0.4, -0.2) is 27.2 Å². The fourth-order valence-electron chi connectivity index (χ4n) is 6.58. The standard InChI is InChI=1S/C25H27N3OS2/c1-15-26-23(20-10-21(31-24(20)27-15)19-5-3-2-4-6-19)30-14-22(29)28-25-11-16-7-17(12-25)9-18(8-16)13-25/h2-6,10,16-18H,7-9,11-14H2,1H3,(H,28,29). The van der Waals surface area contributed by atoms with Crippen molar-refractivity contribution < 1.29 is 4.79 Å². The van der Waals surface area contributed by atoms with Crippen LogP contribution in [-0.2, 0) is 4.79 Å². The monoisotopic (exact) mass is 449 g/mol. The Balaban J connectivity index is 1.19. The summed E-state index contributed by atoms with van der Waals surface area (Å²) in [5, 5.41) is 5.46. The van der Waals surface area contributed by atoms with Crippen LogP contribution in [0.5, 0.6) is 0 Å². The molecule has 4 fully saturated rings. The summed E-state index contributed by atoms with van der Waals surface area (Å²) in [6.07, 6.45) is 7.75. The van der Waals surface area contributed by atoms with Crippen LogP contribution in [0.4, 0.5) is 0 Å². The van der Waals surface area contributed by atoms with Crippen LogP contribution < -0.4 is 5.32 Å². The Kier molecular flexibility index (Phi) is 4.83. The Morgan fingerprint density at radius 1 is 1.10 bits per heavy atom. The molecule has 2 heterocycles. The smallest absolute Gasteiger partial charge is 0.230 e. The van der Waals surface area contributed by atoms with Crippen LogP contribution >= 0.6 is 23.1 Å². The lowest BCUT2D eigenvalue weighted by molar-refractivity contribution is -0.124. The zero-order valence-corrected chi connectivity index (χ0v) is 19.4. The summed E-state index contributed by atoms with van der Waals surface area (Å²) in [5.74, 6) is 3.86. The number of carbonyl (C=O) groups is 1. The molecule has 4 nitrogen and oxygen atoms in total. The zero-order chi connectivity index (χ0) is 21.0. The summed E-state index contributed by atoms with van der Waals surface area (Å²) in [7, 11) is 0. The highest BCUT2D eigenvalue weighted by atomic mass is 32.2. The van der Waals surface area contributed by atoms with E-state index in [0.29, 0.717) is 5.75 Å². The third-order valence-corrected chi connectivity index (χ3v) is 9.38. The zero-order valence-electron chi connectivity index (χ0n) is 17.8. The van der Waals surface area contributed by atoms with E-state index in [2.05, 4.69) is 45.6 Å². The first-order chi connectivity index (χ1) is 15.1. The number of amides is 1. The molecule has 0 unspecified atom stereocenters. The van der Waals surface area contributed by atoms with Crippen molar-refractivity contribution in [3.05, 3.63) is 42.2 Å². The number of nitrogens with one attached hydrogen (secondary N) is 1. The van der Waals surface area contributed by atoms with Crippen molar-refractivity contribution in [2.45, 2.75) is 56.0 Å². The largest absolute Gasteiger partial charge is 0.350 e. The van der Waals surface area contributed by atoms with Crippen LogP contribution in [0.15, 0.2) is 41.4 Å². The maximum Gasteiger partial charge on any atom is 0.230 e. The van der Waals surface area contributed by atoms with Crippen molar-refractivity contribution in [1.82, 2.24) is 15.3 Å². The number of carbonyl (C=O) groups excluding carboxylic acids is 1. The second-order valence-corrected chi connectivity index (χ2v) is 11.8. The summed E-state index contributed by atoms with van der Waals surface area (Å²) in [4.78, 5) is 24.5. The number of hydrogen-bond acceptors (Lipinski definition) is 5. The fraction of sp³-hybridized carbons (Fsp3) is 0.480. The van der Waals surface area contributed by atoms with Gasteiger partial charge in [-0.25, -0.2) is 9.97 Å². The molecule has 0 radical (unpaired) electrons. The summed E-state index contributed by atoms with van der Waals surface area (Å²) in [5.41, 5.74) is 1.27. The molecule has 0 saturated heterocycles. The van der Waals surface area contributed by atoms with Crippen LogP contribution in [0.3, 0.4) is 0 Å². The minimum atomic E-state index is 0.0756. The number of benzene rings is 1. The molecular formula is C25H27N3OS2. The van der Waals surface area contributed by atoms with Gasteiger partial charge in [-0.2, -0.15) is 0 Å². The number of aryl methyl sites for hydroxylation is 1. The third-order valence-electron chi connectivity index (χ3n) is 7.31. The van der Waals surface area contributed by atoms with Gasteiger partial charge < -0.3 is 5.32 Å². The predicted octanol–water partition coefficient (Wildman–Crippen LogP) is 5.84. The van der Waals surface area contributed by atoms with Gasteiger partial charge in [0.05, 0.1) is 5.75 Å². The molecule has 1 amide bonds. The lowest BCUT2D eigenvalue weighted by Gasteiger charge is -2.56. The molecule has 0 spiro atoms. The van der Waals surface area contributed by atoms with Gasteiger partial charge in [0.25, 0.3) is 0 Å². The fourth-order valence-corrected chi connectivity index (χ4v) is 8.58. The van der Waals surface area contributed by atoms with Crippen molar-refractivity contribution in [1.29, 1.82) is 0 Å². The molecule has 3 aromatic rings. The van der Waals surface area contributed by atoms with Gasteiger partial charge in [-0.15, -0.1) is 11.3 Å². The Bertz CT molecular complexity index is 1110. The molecule has 4 saturated carbocycles. The van der Waals surface area contributed by atoms with Crippen LogP contribution in [0.25, 0.3) is 20.7 Å². The number of aromatic nitrogens is 2. The first-order valence-electron chi connectivity index (χ1n) is 11.3. The van der Waals surface area contributed by atoms with Crippen molar-refractivity contribution in [2.75, 3.05) is 5.75 Å². The Morgan fingerprint density at radius 2 is 1.77 bits per heavy atom. The van der Waals surface area contributed by atoms with Gasteiger partial charge in [-0.1, -0.05) is 42.1 Å². The molecule has 160 valence electrons. The van der Waals surface area contributed by atoms with Crippen molar-refractivity contribution >= 4 is 39.2 Å². The van der Waals surface area contributed by atoms with Gasteiger partial charge in [0.2, 0.25) is 5.91 Å². The van der Waals surface area contributed by atoms with E-state index in [-0.39, 0.29) is 11.4 Å². The van der Waals surface area contributed by atoms with E-state index < -0.39 is 0 Å². The van der Waals surface area contributed by atoms with Gasteiger partial charge in [0, 0.05) is 15.8 Å². The summed E-state index contributed by atoms with van der Waals surface area (Å²) in [6, 6.07) is 12.6. The molecule has 1 N–H and O–H groups in total. The number of fused-ring (bicyclic) bond motifs is 1. The number of nitrogens with zero attached hydrogens (tertiary/aromatic N) is 2. The SMILES string of the molecule is Cc1nc(SCC(=O)NC23CC4CC(CC(C4)C2)C3)c2cc(-c3ccccc3)sc2n1. The first kappa shape index (κ1) is 19.7. The average Bonchev–Trinajstić information content (AvgIpc) is 3.15. The van der Waals surface area contributed by atoms with Crippen LogP contribution in [0.1, 0.15) is 44.3 Å². The topological polar surface area (TPSA) is 54.9 Å². The van der Waals surface area contributed by atoms with Crippen LogP contribution in [0.2, 0.25) is 0 Å². The lowest BCUT2D eigenvalue weighted by atomic mass is 9.53. The molecule has 6 heteroatoms. The van der Waals surface area contributed by atoms with Gasteiger partial charge in [-0.3, -0.25) is 4.79 Å². The highest BCUT2D eigenvalue weighted by molar-refractivity contribution is 8.00. The second kappa shape index (κ2) is 7.59. The minimum absolute atomic E-state index is 0.0756. The van der Waals surface area contributed by atoms with E-state index in [1.165, 1.54) is 49.0 Å². The maximum atomic E-state index is 13.0. The number of thioether (sulfide) groups is 1. The Hall–Kier alpha value is -1.92. The molecule has 4 aliphatic rings. The van der Waals surface area contributed by atoms with Crippen LogP contribution in [0, 0.1) is 24.7 Å². The average molecular weight is 450 g/mol. The highest BCUT2D eigenvalue weighted by Gasteiger charge is 2.51. The van der Waals surface area contributed by atoms with E-state index in [1.54, 1.807) is 23.1 Å². The highest BCUT2D eigenvalue weighted by Crippen LogP contribution is 2.55. The van der Waals surface area contributed by atoms with E-state index in [4.69, 9.17) is 0 Å². The normalized spacial score (nSPS) is 28.9. The molecule has 4 bridgehead atoms. The third kappa shape index (κ3) is 3.78. The van der Waals surface area contributed by atoms with Gasteiger partial charge in [-0.05, 0) is 74.8 Å². The van der Waals surface area contributed by atoms with E-state index >= 15 is 0 Å². The minimum Gasteiger partial charge on any atom is -0.350 e. The summed E-state index contributed by atoms with van der Waals surface area (Å²) >= 11 is 3.25. The molecule has 1 aromatic carbocycles. The number of hydrogen-bond donors (Lipinski definition) is 1. The van der Waals surface area contributed by atoms with E-state index in [1.807, 2.05) is 13.0 Å². The van der Waals surface area contributed by atoms with E-state index in [0.717, 1.165) is 38.8 Å². The Labute approximate surface area is 191 Å². The number of thiophene rings is 1. The van der Waals surface area contributed by atoms with Gasteiger partial charge in [0.15, 0.2) is 0 Å². The first-order valence-corrected chi connectivity index (χ1v) is 13.1. The molecular weight excluding hydrogens is 422 g/mol. The summed E-state index contributed by atoms with van der Waals surface area (Å²) < 4.78 is 0. The quantitative estimate of drug-likeness (QED) is 0.392. The molecule has 7 rings (SSSR count). The molecule has 31 heavy (non-hydrogen) atoms. The summed E-state index contributed by atoms with van der Waals surface area (Å²) in [6.45, 7) is 1.93. The second-order valence-electron chi connectivity index (χ2n) is 9.81. The molecule has 0 aliphatic heterocycles. The molecule has 4 aliphatic carbocycles. The number of rotatable bonds is 5. The van der Waals surface area contributed by atoms with Gasteiger partial charge >= 0.3 is 0 Å². The molecule has 0 atom stereocenters. The van der Waals surface area contributed by atoms with Gasteiger partial charge in [0.1, 0.15) is 15.7 Å².